The van der Waals surface area contributed by atoms with Crippen molar-refractivity contribution in [1.29, 1.82) is 0 Å². The quantitative estimate of drug-likeness (QED) is 0.671. The number of benzene rings is 3. The first-order chi connectivity index (χ1) is 14.0. The molecule has 0 aliphatic carbocycles. The van der Waals surface area contributed by atoms with Crippen molar-refractivity contribution in [3.8, 4) is 11.5 Å². The number of amides is 1. The molecule has 1 heterocycles. The van der Waals surface area contributed by atoms with Crippen molar-refractivity contribution in [3.63, 3.8) is 0 Å². The number of hydrogen-bond acceptors (Lipinski definition) is 5. The lowest BCUT2D eigenvalue weighted by Crippen LogP contribution is -2.19. The molecule has 7 nitrogen and oxygen atoms in total. The van der Waals surface area contributed by atoms with Crippen molar-refractivity contribution in [2.45, 2.75) is 4.90 Å². The van der Waals surface area contributed by atoms with Crippen molar-refractivity contribution in [2.75, 3.05) is 23.3 Å². The molecular weight excluding hydrogens is 392 g/mol. The largest absolute Gasteiger partial charge is 0.486 e. The van der Waals surface area contributed by atoms with Gasteiger partial charge in [0.25, 0.3) is 15.9 Å². The summed E-state index contributed by atoms with van der Waals surface area (Å²) in [4.78, 5) is 12.9. The first kappa shape index (κ1) is 18.8. The summed E-state index contributed by atoms with van der Waals surface area (Å²) in [6.07, 6.45) is 0. The van der Waals surface area contributed by atoms with Crippen molar-refractivity contribution < 1.29 is 22.7 Å². The molecule has 0 spiro atoms. The Balaban J connectivity index is 1.57. The van der Waals surface area contributed by atoms with Gasteiger partial charge in [0, 0.05) is 11.8 Å². The molecule has 0 fully saturated rings. The number of fused-ring (bicyclic) bond motifs is 1. The van der Waals surface area contributed by atoms with Gasteiger partial charge in [0.15, 0.2) is 11.5 Å². The van der Waals surface area contributed by atoms with E-state index >= 15 is 0 Å². The van der Waals surface area contributed by atoms with Crippen LogP contribution in [0.4, 0.5) is 11.4 Å². The number of carbonyl (C=O) groups is 1. The zero-order valence-corrected chi connectivity index (χ0v) is 16.1. The number of ether oxygens (including phenoxy) is 2. The van der Waals surface area contributed by atoms with E-state index in [9.17, 15) is 13.2 Å². The highest BCUT2D eigenvalue weighted by molar-refractivity contribution is 7.92. The van der Waals surface area contributed by atoms with Crippen LogP contribution in [0.2, 0.25) is 0 Å². The van der Waals surface area contributed by atoms with E-state index in [4.69, 9.17) is 9.47 Å². The minimum Gasteiger partial charge on any atom is -0.486 e. The highest BCUT2D eigenvalue weighted by Crippen LogP contribution is 2.33. The van der Waals surface area contributed by atoms with Crippen molar-refractivity contribution in [1.82, 2.24) is 0 Å². The van der Waals surface area contributed by atoms with Crippen LogP contribution in [0, 0.1) is 0 Å². The fourth-order valence-corrected chi connectivity index (χ4v) is 3.99. The Morgan fingerprint density at radius 3 is 2.31 bits per heavy atom. The predicted molar refractivity (Wildman–Crippen MR) is 109 cm³/mol. The Hall–Kier alpha value is -3.52. The van der Waals surface area contributed by atoms with Crippen LogP contribution in [0.25, 0.3) is 0 Å². The predicted octanol–water partition coefficient (Wildman–Crippen LogP) is 3.51. The smallest absolute Gasteiger partial charge is 0.261 e. The zero-order valence-electron chi connectivity index (χ0n) is 15.3. The average Bonchev–Trinajstić information content (AvgIpc) is 2.74. The number of anilines is 2. The van der Waals surface area contributed by atoms with Gasteiger partial charge in [0.2, 0.25) is 0 Å². The Bertz CT molecular complexity index is 1150. The Morgan fingerprint density at radius 2 is 1.52 bits per heavy atom. The van der Waals surface area contributed by atoms with Crippen molar-refractivity contribution in [3.05, 3.63) is 78.4 Å². The van der Waals surface area contributed by atoms with E-state index < -0.39 is 15.9 Å². The highest BCUT2D eigenvalue weighted by Gasteiger charge is 2.19. The van der Waals surface area contributed by atoms with Crippen LogP contribution in [0.5, 0.6) is 11.5 Å². The minimum atomic E-state index is -3.82. The molecule has 0 bridgehead atoms. The van der Waals surface area contributed by atoms with Crippen molar-refractivity contribution in [2.24, 2.45) is 0 Å². The first-order valence-electron chi connectivity index (χ1n) is 8.91. The molecule has 3 aromatic rings. The molecule has 0 atom stereocenters. The summed E-state index contributed by atoms with van der Waals surface area (Å²) in [7, 11) is -3.82. The molecule has 1 aliphatic heterocycles. The lowest BCUT2D eigenvalue weighted by molar-refractivity contribution is 0.102. The number of hydrogen-bond donors (Lipinski definition) is 2. The topological polar surface area (TPSA) is 93.7 Å². The fourth-order valence-electron chi connectivity index (χ4n) is 2.89. The average molecular weight is 410 g/mol. The van der Waals surface area contributed by atoms with E-state index in [1.165, 1.54) is 12.1 Å². The second-order valence-electron chi connectivity index (χ2n) is 6.28. The maximum atomic E-state index is 12.8. The zero-order chi connectivity index (χ0) is 20.3. The molecule has 0 saturated carbocycles. The minimum absolute atomic E-state index is 0.113. The van der Waals surface area contributed by atoms with Crippen LogP contribution in [0.15, 0.2) is 77.7 Å². The normalized spacial score (nSPS) is 12.8. The second kappa shape index (κ2) is 7.84. The maximum Gasteiger partial charge on any atom is 0.261 e. The standard InChI is InChI=1S/C21H18N2O5S/c24-21(22-15-10-11-19-20(14-15)28-13-12-27-19)17-8-4-5-9-18(17)23-29(25,26)16-6-2-1-3-7-16/h1-11,14,23H,12-13H2,(H,22,24). The molecule has 0 radical (unpaired) electrons. The number of sulfonamides is 1. The molecule has 3 aromatic carbocycles. The number of rotatable bonds is 5. The van der Waals surface area contributed by atoms with Gasteiger partial charge in [-0.05, 0) is 36.4 Å². The van der Waals surface area contributed by atoms with Gasteiger partial charge in [-0.2, -0.15) is 0 Å². The molecule has 0 unspecified atom stereocenters. The van der Waals surface area contributed by atoms with Crippen LogP contribution < -0.4 is 19.5 Å². The third-order valence-corrected chi connectivity index (χ3v) is 5.65. The molecule has 0 saturated heterocycles. The third-order valence-electron chi connectivity index (χ3n) is 4.27. The summed E-state index contributed by atoms with van der Waals surface area (Å²) in [5.74, 6) is 0.713. The fraction of sp³-hybridized carbons (Fsp3) is 0.0952. The Kier molecular flexibility index (Phi) is 5.09. The SMILES string of the molecule is O=C(Nc1ccc2c(c1)OCCO2)c1ccccc1NS(=O)(=O)c1ccccc1. The number of carbonyl (C=O) groups excluding carboxylic acids is 1. The molecule has 1 amide bonds. The molecule has 8 heteroatoms. The number of para-hydroxylation sites is 1. The van der Waals surface area contributed by atoms with Crippen LogP contribution in [0.1, 0.15) is 10.4 Å². The maximum absolute atomic E-state index is 12.8. The lowest BCUT2D eigenvalue weighted by Gasteiger charge is -2.19. The molecule has 29 heavy (non-hydrogen) atoms. The van der Waals surface area contributed by atoms with E-state index in [1.807, 2.05) is 0 Å². The van der Waals surface area contributed by atoms with Gasteiger partial charge in [-0.3, -0.25) is 9.52 Å². The van der Waals surface area contributed by atoms with Gasteiger partial charge in [0.05, 0.1) is 16.1 Å². The van der Waals surface area contributed by atoms with Crippen LogP contribution >= 0.6 is 0 Å². The Morgan fingerprint density at radius 1 is 0.828 bits per heavy atom. The second-order valence-corrected chi connectivity index (χ2v) is 7.96. The van der Waals surface area contributed by atoms with E-state index in [1.54, 1.807) is 60.7 Å². The highest BCUT2D eigenvalue weighted by atomic mass is 32.2. The van der Waals surface area contributed by atoms with Gasteiger partial charge >= 0.3 is 0 Å². The van der Waals surface area contributed by atoms with E-state index in [0.717, 1.165) is 0 Å². The summed E-state index contributed by atoms with van der Waals surface area (Å²) in [5, 5.41) is 2.76. The number of nitrogens with one attached hydrogen (secondary N) is 2. The van der Waals surface area contributed by atoms with Gasteiger partial charge in [-0.1, -0.05) is 30.3 Å². The summed E-state index contributed by atoms with van der Waals surface area (Å²) in [6, 6.07) is 19.5. The van der Waals surface area contributed by atoms with E-state index in [2.05, 4.69) is 10.0 Å². The van der Waals surface area contributed by atoms with E-state index in [-0.39, 0.29) is 16.1 Å². The van der Waals surface area contributed by atoms with Crippen LogP contribution in [-0.2, 0) is 10.0 Å². The van der Waals surface area contributed by atoms with Gasteiger partial charge in [-0.15, -0.1) is 0 Å². The Labute approximate surface area is 168 Å². The molecule has 1 aliphatic rings. The summed E-state index contributed by atoms with van der Waals surface area (Å²) < 4.78 is 38.7. The van der Waals surface area contributed by atoms with Gasteiger partial charge in [0.1, 0.15) is 13.2 Å². The van der Waals surface area contributed by atoms with Crippen LogP contribution in [-0.4, -0.2) is 27.5 Å². The first-order valence-corrected chi connectivity index (χ1v) is 10.4. The summed E-state index contributed by atoms with van der Waals surface area (Å²) >= 11 is 0. The molecular formula is C21H18N2O5S. The van der Waals surface area contributed by atoms with Gasteiger partial charge in [-0.25, -0.2) is 8.42 Å². The molecule has 4 rings (SSSR count). The summed E-state index contributed by atoms with van der Waals surface area (Å²) in [5.41, 5.74) is 0.897. The van der Waals surface area contributed by atoms with Gasteiger partial charge < -0.3 is 14.8 Å². The lowest BCUT2D eigenvalue weighted by atomic mass is 10.1. The summed E-state index contributed by atoms with van der Waals surface area (Å²) in [6.45, 7) is 0.919. The van der Waals surface area contributed by atoms with E-state index in [0.29, 0.717) is 30.4 Å². The molecule has 148 valence electrons. The molecule has 2 N–H and O–H groups in total. The van der Waals surface area contributed by atoms with Crippen LogP contribution in [0.3, 0.4) is 0 Å². The molecule has 0 aromatic heterocycles. The third kappa shape index (κ3) is 4.17. The monoisotopic (exact) mass is 410 g/mol. The van der Waals surface area contributed by atoms with Crippen molar-refractivity contribution >= 4 is 27.3 Å².